The van der Waals surface area contributed by atoms with E-state index in [1.54, 1.807) is 19.2 Å². The van der Waals surface area contributed by atoms with E-state index in [1.807, 2.05) is 6.07 Å². The first-order valence-corrected chi connectivity index (χ1v) is 5.97. The highest BCUT2D eigenvalue weighted by Crippen LogP contribution is 2.26. The van der Waals surface area contributed by atoms with Crippen molar-refractivity contribution in [2.24, 2.45) is 0 Å². The summed E-state index contributed by atoms with van der Waals surface area (Å²) in [5.74, 6) is 0.800. The lowest BCUT2D eigenvalue weighted by Gasteiger charge is -2.01. The quantitative estimate of drug-likeness (QED) is 0.456. The summed E-state index contributed by atoms with van der Waals surface area (Å²) in [6, 6.07) is 5.42. The summed E-state index contributed by atoms with van der Waals surface area (Å²) < 4.78 is 14.8. The summed E-state index contributed by atoms with van der Waals surface area (Å²) >= 11 is 3.30. The van der Waals surface area contributed by atoms with Gasteiger partial charge in [0.15, 0.2) is 0 Å². The predicted octanol–water partition coefficient (Wildman–Crippen LogP) is 1.11. The van der Waals surface area contributed by atoms with Crippen LogP contribution in [0.3, 0.4) is 0 Å². The van der Waals surface area contributed by atoms with Gasteiger partial charge in [-0.25, -0.2) is 4.57 Å². The van der Waals surface area contributed by atoms with E-state index in [0.29, 0.717) is 0 Å². The van der Waals surface area contributed by atoms with E-state index in [1.165, 1.54) is 0 Å². The minimum absolute atomic E-state index is 0.729. The largest absolute Gasteiger partial charge is 0.496 e. The van der Waals surface area contributed by atoms with Crippen LogP contribution in [0.5, 0.6) is 5.75 Å². The fourth-order valence-electron chi connectivity index (χ4n) is 0.683. The van der Waals surface area contributed by atoms with Gasteiger partial charge in [0.05, 0.1) is 11.6 Å². The average Bonchev–Trinajstić information content (AvgIpc) is 2.01. The molecule has 0 aliphatic heterocycles. The monoisotopic (exact) mass is 299 g/mol. The molecule has 15 heavy (non-hydrogen) atoms. The maximum atomic E-state index is 8.88. The lowest BCUT2D eigenvalue weighted by Crippen LogP contribution is -1.87. The molecule has 5 N–H and O–H groups in total. The molecule has 1 aromatic rings. The first-order valence-electron chi connectivity index (χ1n) is 3.61. The van der Waals surface area contributed by atoms with Crippen LogP contribution in [0.1, 0.15) is 0 Å². The minimum atomic E-state index is -4.64. The number of phosphoric acid groups is 1. The molecule has 6 nitrogen and oxygen atoms in total. The van der Waals surface area contributed by atoms with Crippen LogP contribution in [0, 0.1) is 0 Å². The highest BCUT2D eigenvalue weighted by Gasteiger charge is 2.00. The van der Waals surface area contributed by atoms with Crippen molar-refractivity contribution in [3.05, 3.63) is 22.7 Å². The molecule has 0 heterocycles. The molecule has 0 fully saturated rings. The first-order chi connectivity index (χ1) is 6.74. The molecule has 0 radical (unpaired) electrons. The predicted molar refractivity (Wildman–Crippen MR) is 59.4 cm³/mol. The van der Waals surface area contributed by atoms with E-state index >= 15 is 0 Å². The Labute approximate surface area is 95.1 Å². The highest BCUT2D eigenvalue weighted by molar-refractivity contribution is 9.10. The molecule has 86 valence electrons. The third-order valence-corrected chi connectivity index (χ3v) is 1.80. The van der Waals surface area contributed by atoms with E-state index in [4.69, 9.17) is 29.7 Å². The van der Waals surface area contributed by atoms with E-state index in [0.717, 1.165) is 15.9 Å². The zero-order chi connectivity index (χ0) is 12.1. The van der Waals surface area contributed by atoms with Crippen molar-refractivity contribution in [1.29, 1.82) is 0 Å². The number of nitrogen functional groups attached to an aromatic ring is 1. The molecule has 0 spiro atoms. The summed E-state index contributed by atoms with van der Waals surface area (Å²) in [5.41, 5.74) is 6.23. The molecule has 0 aliphatic carbocycles. The first kappa shape index (κ1) is 14.4. The standard InChI is InChI=1S/C7H8BrNO.H3O4P/c1-10-7-3-2-5(9)4-6(7)8;1-5(2,3)4/h2-4H,9H2,1H3;(H3,1,2,3,4). The summed E-state index contributed by atoms with van der Waals surface area (Å²) in [5, 5.41) is 0. The minimum Gasteiger partial charge on any atom is -0.496 e. The summed E-state index contributed by atoms with van der Waals surface area (Å²) in [6.45, 7) is 0. The van der Waals surface area contributed by atoms with E-state index in [-0.39, 0.29) is 0 Å². The molecular weight excluding hydrogens is 289 g/mol. The Kier molecular flexibility index (Phi) is 5.85. The van der Waals surface area contributed by atoms with Gasteiger partial charge in [-0.05, 0) is 34.1 Å². The summed E-state index contributed by atoms with van der Waals surface area (Å²) in [4.78, 5) is 21.6. The van der Waals surface area contributed by atoms with Crippen LogP contribution in [-0.2, 0) is 4.57 Å². The number of methoxy groups -OCH3 is 1. The third kappa shape index (κ3) is 8.41. The third-order valence-electron chi connectivity index (χ3n) is 1.18. The van der Waals surface area contributed by atoms with Gasteiger partial charge in [0.2, 0.25) is 0 Å². The van der Waals surface area contributed by atoms with Gasteiger partial charge in [0, 0.05) is 5.69 Å². The summed E-state index contributed by atoms with van der Waals surface area (Å²) in [7, 11) is -3.02. The number of ether oxygens (including phenoxy) is 1. The van der Waals surface area contributed by atoms with Crippen LogP contribution in [0.25, 0.3) is 0 Å². The number of benzene rings is 1. The fraction of sp³-hybridized carbons (Fsp3) is 0.143. The Hall–Kier alpha value is -0.590. The van der Waals surface area contributed by atoms with Crippen LogP contribution in [0.2, 0.25) is 0 Å². The van der Waals surface area contributed by atoms with Gasteiger partial charge in [-0.2, -0.15) is 0 Å². The Morgan fingerprint density at radius 3 is 2.20 bits per heavy atom. The molecule has 0 saturated heterocycles. The van der Waals surface area contributed by atoms with Gasteiger partial charge < -0.3 is 25.2 Å². The second kappa shape index (κ2) is 6.09. The molecule has 8 heteroatoms. The van der Waals surface area contributed by atoms with Gasteiger partial charge in [-0.15, -0.1) is 0 Å². The van der Waals surface area contributed by atoms with E-state index in [9.17, 15) is 0 Å². The van der Waals surface area contributed by atoms with Crippen molar-refractivity contribution in [2.75, 3.05) is 12.8 Å². The molecule has 0 atom stereocenters. The van der Waals surface area contributed by atoms with Crippen molar-refractivity contribution in [3.8, 4) is 5.75 Å². The number of anilines is 1. The fourth-order valence-corrected chi connectivity index (χ4v) is 1.24. The molecule has 0 aliphatic rings. The Balaban J connectivity index is 0.000000336. The van der Waals surface area contributed by atoms with Crippen LogP contribution in [0.15, 0.2) is 22.7 Å². The number of hydrogen-bond acceptors (Lipinski definition) is 3. The van der Waals surface area contributed by atoms with Crippen molar-refractivity contribution >= 4 is 29.4 Å². The van der Waals surface area contributed by atoms with Crippen LogP contribution >= 0.6 is 23.8 Å². The zero-order valence-electron chi connectivity index (χ0n) is 7.79. The molecular formula is C7H11BrNO5P. The zero-order valence-corrected chi connectivity index (χ0v) is 10.3. The molecule has 0 aromatic heterocycles. The lowest BCUT2D eigenvalue weighted by atomic mass is 10.3. The molecule has 1 aromatic carbocycles. The average molecular weight is 300 g/mol. The van der Waals surface area contributed by atoms with Crippen molar-refractivity contribution < 1.29 is 24.0 Å². The molecule has 0 saturated carbocycles. The number of rotatable bonds is 1. The number of nitrogens with two attached hydrogens (primary N) is 1. The summed E-state index contributed by atoms with van der Waals surface area (Å²) in [6.07, 6.45) is 0. The van der Waals surface area contributed by atoms with Crippen LogP contribution < -0.4 is 10.5 Å². The van der Waals surface area contributed by atoms with Crippen molar-refractivity contribution in [2.45, 2.75) is 0 Å². The Morgan fingerprint density at radius 2 is 1.87 bits per heavy atom. The second-order valence-corrected chi connectivity index (χ2v) is 4.29. The molecule has 0 bridgehead atoms. The van der Waals surface area contributed by atoms with Gasteiger partial charge in [-0.3, -0.25) is 0 Å². The maximum Gasteiger partial charge on any atom is 0.466 e. The molecule has 0 amide bonds. The molecule has 1 rings (SSSR count). The number of hydrogen-bond donors (Lipinski definition) is 4. The normalized spacial score (nSPS) is 10.2. The van der Waals surface area contributed by atoms with Crippen molar-refractivity contribution in [3.63, 3.8) is 0 Å². The Bertz CT molecular complexity index is 358. The van der Waals surface area contributed by atoms with Gasteiger partial charge in [-0.1, -0.05) is 0 Å². The van der Waals surface area contributed by atoms with Crippen molar-refractivity contribution in [1.82, 2.24) is 0 Å². The SMILES string of the molecule is COc1ccc(N)cc1Br.O=P(O)(O)O. The van der Waals surface area contributed by atoms with E-state index in [2.05, 4.69) is 15.9 Å². The van der Waals surface area contributed by atoms with Gasteiger partial charge >= 0.3 is 7.82 Å². The van der Waals surface area contributed by atoms with Gasteiger partial charge in [0.1, 0.15) is 5.75 Å². The Morgan fingerprint density at radius 1 is 1.40 bits per heavy atom. The highest BCUT2D eigenvalue weighted by atomic mass is 79.9. The number of halogens is 1. The van der Waals surface area contributed by atoms with Gasteiger partial charge in [0.25, 0.3) is 0 Å². The maximum absolute atomic E-state index is 8.88. The van der Waals surface area contributed by atoms with E-state index < -0.39 is 7.82 Å². The lowest BCUT2D eigenvalue weighted by molar-refractivity contribution is 0.275. The smallest absolute Gasteiger partial charge is 0.466 e. The second-order valence-electron chi connectivity index (χ2n) is 2.41. The molecule has 0 unspecified atom stereocenters. The van der Waals surface area contributed by atoms with Crippen LogP contribution in [0.4, 0.5) is 5.69 Å². The van der Waals surface area contributed by atoms with Crippen LogP contribution in [-0.4, -0.2) is 21.8 Å². The topological polar surface area (TPSA) is 113 Å².